The monoisotopic (exact) mass is 1060 g/mol. The number of hydrogen-bond acceptors (Lipinski definition) is 7. The summed E-state index contributed by atoms with van der Waals surface area (Å²) in [5.74, 6) is -0.770. The minimum Gasteiger partial charge on any atom is -0.462 e. The van der Waals surface area contributed by atoms with E-state index in [-0.39, 0.29) is 25.6 Å². The third kappa shape index (κ3) is 60.1. The molecular weight excluding hydrogens is 930 g/mol. The minimum atomic E-state index is -4.38. The Labute approximate surface area is 454 Å². The van der Waals surface area contributed by atoms with Crippen molar-refractivity contribution in [1.82, 2.24) is 0 Å². The lowest BCUT2D eigenvalue weighted by atomic mass is 10.0. The van der Waals surface area contributed by atoms with Gasteiger partial charge in [0.05, 0.1) is 27.7 Å². The Hall–Kier alpha value is -0.990. The number of ether oxygens (including phenoxy) is 2. The van der Waals surface area contributed by atoms with Gasteiger partial charge in [-0.3, -0.25) is 18.6 Å². The van der Waals surface area contributed by atoms with E-state index in [1.54, 1.807) is 0 Å². The van der Waals surface area contributed by atoms with Crippen LogP contribution in [0.15, 0.2) is 0 Å². The average Bonchev–Trinajstić information content (AvgIpc) is 3.35. The van der Waals surface area contributed by atoms with Gasteiger partial charge in [-0.15, -0.1) is 0 Å². The Morgan fingerprint density at radius 2 is 0.616 bits per heavy atom. The van der Waals surface area contributed by atoms with E-state index in [4.69, 9.17) is 18.5 Å². The highest BCUT2D eigenvalue weighted by atomic mass is 31.2. The predicted octanol–water partition coefficient (Wildman–Crippen LogP) is 20.2. The van der Waals surface area contributed by atoms with Crippen LogP contribution in [0.25, 0.3) is 0 Å². The van der Waals surface area contributed by atoms with Crippen LogP contribution in [0, 0.1) is 0 Å². The number of unbranched alkanes of at least 4 members (excludes halogenated alkanes) is 47. The van der Waals surface area contributed by atoms with Gasteiger partial charge in [-0.1, -0.05) is 316 Å². The summed E-state index contributed by atoms with van der Waals surface area (Å²) in [5, 5.41) is 0. The molecule has 0 bridgehead atoms. The molecule has 10 heteroatoms. The fraction of sp³-hybridized carbons (Fsp3) is 0.968. The summed E-state index contributed by atoms with van der Waals surface area (Å²) in [6, 6.07) is 0. The number of hydrogen-bond donors (Lipinski definition) is 1. The molecule has 0 amide bonds. The number of phosphoric ester groups is 1. The second-order valence-electron chi connectivity index (χ2n) is 23.5. The van der Waals surface area contributed by atoms with E-state index in [0.29, 0.717) is 17.4 Å². The lowest BCUT2D eigenvalue weighted by Gasteiger charge is -2.24. The summed E-state index contributed by atoms with van der Waals surface area (Å²) in [7, 11) is 1.50. The molecule has 73 heavy (non-hydrogen) atoms. The predicted molar refractivity (Wildman–Crippen MR) is 312 cm³/mol. The van der Waals surface area contributed by atoms with Crippen molar-refractivity contribution < 1.29 is 42.1 Å². The number of phosphoric acid groups is 1. The molecule has 0 rings (SSSR count). The van der Waals surface area contributed by atoms with E-state index in [2.05, 4.69) is 13.8 Å². The first-order valence-electron chi connectivity index (χ1n) is 32.3. The average molecular weight is 1060 g/mol. The smallest absolute Gasteiger partial charge is 0.462 e. The van der Waals surface area contributed by atoms with Crippen LogP contribution in [0.3, 0.4) is 0 Å². The number of esters is 2. The summed E-state index contributed by atoms with van der Waals surface area (Å²) >= 11 is 0. The highest BCUT2D eigenvalue weighted by molar-refractivity contribution is 7.47. The van der Waals surface area contributed by atoms with Gasteiger partial charge in [-0.05, 0) is 12.8 Å². The van der Waals surface area contributed by atoms with Gasteiger partial charge in [0.1, 0.15) is 19.8 Å². The summed E-state index contributed by atoms with van der Waals surface area (Å²) in [5.41, 5.74) is 0. The number of likely N-dealkylation sites (N-methyl/N-ethyl adjacent to an activating group) is 1. The Morgan fingerprint density at radius 3 is 0.877 bits per heavy atom. The first-order chi connectivity index (χ1) is 35.5. The highest BCUT2D eigenvalue weighted by Crippen LogP contribution is 2.43. The van der Waals surface area contributed by atoms with Gasteiger partial charge in [0.15, 0.2) is 6.10 Å². The van der Waals surface area contributed by atoms with Crippen LogP contribution >= 0.6 is 7.82 Å². The molecule has 9 nitrogen and oxygen atoms in total. The Balaban J connectivity index is 4.01. The van der Waals surface area contributed by atoms with Crippen LogP contribution in [-0.4, -0.2) is 74.9 Å². The third-order valence-corrected chi connectivity index (χ3v) is 15.9. The van der Waals surface area contributed by atoms with E-state index in [1.165, 1.54) is 276 Å². The van der Waals surface area contributed by atoms with Gasteiger partial charge in [-0.2, -0.15) is 0 Å². The Morgan fingerprint density at radius 1 is 0.370 bits per heavy atom. The fourth-order valence-electron chi connectivity index (χ4n) is 9.90. The molecule has 2 atom stereocenters. The number of rotatable bonds is 61. The van der Waals surface area contributed by atoms with Crippen LogP contribution in [0.5, 0.6) is 0 Å². The van der Waals surface area contributed by atoms with Crippen molar-refractivity contribution >= 4 is 19.8 Å². The van der Waals surface area contributed by atoms with Gasteiger partial charge in [-0.25, -0.2) is 4.57 Å². The molecular formula is C63H127NO8P+. The first kappa shape index (κ1) is 72.0. The molecule has 0 fully saturated rings. The molecule has 436 valence electrons. The van der Waals surface area contributed by atoms with Crippen molar-refractivity contribution in [2.75, 3.05) is 47.5 Å². The zero-order chi connectivity index (χ0) is 53.5. The Bertz CT molecular complexity index is 1200. The number of carbonyl (C=O) groups is 2. The molecule has 0 aliphatic carbocycles. The number of carbonyl (C=O) groups excluding carboxylic acids is 2. The molecule has 0 aromatic heterocycles. The summed E-state index contributed by atoms with van der Waals surface area (Å²) in [6.45, 7) is 4.52. The maximum Gasteiger partial charge on any atom is 0.472 e. The molecule has 0 radical (unpaired) electrons. The molecule has 0 spiro atoms. The lowest BCUT2D eigenvalue weighted by molar-refractivity contribution is -0.870. The molecule has 0 aromatic carbocycles. The minimum absolute atomic E-state index is 0.0376. The zero-order valence-electron chi connectivity index (χ0n) is 49.7. The quantitative estimate of drug-likeness (QED) is 0.0278. The number of nitrogens with zero attached hydrogens (tertiary/aromatic N) is 1. The lowest BCUT2D eigenvalue weighted by Crippen LogP contribution is -2.37. The van der Waals surface area contributed by atoms with Gasteiger partial charge in [0.2, 0.25) is 0 Å². The van der Waals surface area contributed by atoms with E-state index in [1.807, 2.05) is 21.1 Å². The summed E-state index contributed by atoms with van der Waals surface area (Å²) in [6.07, 6.45) is 64.8. The second-order valence-corrected chi connectivity index (χ2v) is 25.0. The van der Waals surface area contributed by atoms with Crippen LogP contribution in [0.2, 0.25) is 0 Å². The normalized spacial score (nSPS) is 13.1. The Kier molecular flexibility index (Phi) is 55.0. The van der Waals surface area contributed by atoms with Crippen LogP contribution in [-0.2, 0) is 32.7 Å². The van der Waals surface area contributed by atoms with E-state index < -0.39 is 26.5 Å². The van der Waals surface area contributed by atoms with Crippen LogP contribution < -0.4 is 0 Å². The molecule has 0 saturated heterocycles. The maximum atomic E-state index is 12.8. The van der Waals surface area contributed by atoms with Crippen molar-refractivity contribution in [2.24, 2.45) is 0 Å². The summed E-state index contributed by atoms with van der Waals surface area (Å²) in [4.78, 5) is 35.8. The van der Waals surface area contributed by atoms with E-state index >= 15 is 0 Å². The van der Waals surface area contributed by atoms with E-state index in [0.717, 1.165) is 38.5 Å². The third-order valence-electron chi connectivity index (χ3n) is 14.9. The largest absolute Gasteiger partial charge is 0.472 e. The van der Waals surface area contributed by atoms with Crippen molar-refractivity contribution in [3.05, 3.63) is 0 Å². The second kappa shape index (κ2) is 55.8. The van der Waals surface area contributed by atoms with E-state index in [9.17, 15) is 19.0 Å². The molecule has 2 unspecified atom stereocenters. The summed E-state index contributed by atoms with van der Waals surface area (Å²) < 4.78 is 34.7. The molecule has 0 saturated carbocycles. The zero-order valence-corrected chi connectivity index (χ0v) is 50.6. The molecule has 0 aliphatic rings. The number of quaternary nitrogens is 1. The molecule has 1 N–H and O–H groups in total. The van der Waals surface area contributed by atoms with Crippen LogP contribution in [0.4, 0.5) is 0 Å². The fourth-order valence-corrected chi connectivity index (χ4v) is 10.6. The standard InChI is InChI=1S/C63H126NO8P/c1-6-8-10-12-14-16-18-20-22-24-26-28-29-30-31-32-33-34-35-36-38-40-42-44-46-48-50-52-54-56-63(66)72-61(60-71-73(67,68)70-58-57-64(3,4)5)59-69-62(65)55-53-51-49-47-45-43-41-39-37-27-25-23-21-19-17-15-13-11-9-7-2/h61H,6-60H2,1-5H3/p+1. The van der Waals surface area contributed by atoms with Gasteiger partial charge < -0.3 is 18.9 Å². The van der Waals surface area contributed by atoms with Crippen LogP contribution in [0.1, 0.15) is 341 Å². The van der Waals surface area contributed by atoms with Crippen molar-refractivity contribution in [2.45, 2.75) is 347 Å². The first-order valence-corrected chi connectivity index (χ1v) is 33.8. The molecule has 0 heterocycles. The van der Waals surface area contributed by atoms with Crippen molar-refractivity contribution in [3.63, 3.8) is 0 Å². The molecule has 0 aromatic rings. The topological polar surface area (TPSA) is 108 Å². The van der Waals surface area contributed by atoms with Gasteiger partial charge >= 0.3 is 19.8 Å². The van der Waals surface area contributed by atoms with Crippen molar-refractivity contribution in [3.8, 4) is 0 Å². The molecule has 0 aliphatic heterocycles. The van der Waals surface area contributed by atoms with Gasteiger partial charge in [0.25, 0.3) is 0 Å². The maximum absolute atomic E-state index is 12.8. The SMILES string of the molecule is CCCCCCCCCCCCCCCCCCCCCCCCCCCCCCCC(=O)OC(COC(=O)CCCCCCCCCCCCCCCCCCCCCC)COP(=O)(O)OCC[N+](C)(C)C. The van der Waals surface area contributed by atoms with Gasteiger partial charge in [0, 0.05) is 12.8 Å². The van der Waals surface area contributed by atoms with Crippen molar-refractivity contribution in [1.29, 1.82) is 0 Å². The highest BCUT2D eigenvalue weighted by Gasteiger charge is 2.27.